The van der Waals surface area contributed by atoms with Crippen LogP contribution in [0.5, 0.6) is 0 Å². The first-order valence-corrected chi connectivity index (χ1v) is 9.07. The molecule has 2 aromatic heterocycles. The third-order valence-electron chi connectivity index (χ3n) is 5.11. The van der Waals surface area contributed by atoms with Crippen LogP contribution >= 0.6 is 0 Å². The first-order chi connectivity index (χ1) is 13.5. The summed E-state index contributed by atoms with van der Waals surface area (Å²) in [5, 5.41) is 8.53. The van der Waals surface area contributed by atoms with Gasteiger partial charge in [-0.25, -0.2) is 4.98 Å². The summed E-state index contributed by atoms with van der Waals surface area (Å²) in [6.45, 7) is 5.73. The molecular formula is C19H22N8O+. The number of pyridine rings is 2. The number of primary amides is 1. The van der Waals surface area contributed by atoms with Gasteiger partial charge in [-0.15, -0.1) is 5.11 Å². The summed E-state index contributed by atoms with van der Waals surface area (Å²) in [5.74, 6) is -0.612. The largest absolute Gasteiger partial charge is 0.368 e. The minimum atomic E-state index is -0.612. The van der Waals surface area contributed by atoms with Crippen molar-refractivity contribution in [2.45, 2.75) is 6.92 Å². The Bertz CT molecular complexity index is 950. The lowest BCUT2D eigenvalue weighted by Gasteiger charge is -2.34. The van der Waals surface area contributed by atoms with Gasteiger partial charge in [0, 0.05) is 49.6 Å². The van der Waals surface area contributed by atoms with Crippen molar-refractivity contribution in [3.63, 3.8) is 0 Å². The number of carbonyl (C=O) groups is 1. The van der Waals surface area contributed by atoms with Crippen LogP contribution in [0.15, 0.2) is 47.3 Å². The van der Waals surface area contributed by atoms with Crippen LogP contribution in [0.25, 0.3) is 0 Å². The van der Waals surface area contributed by atoms with E-state index in [4.69, 9.17) is 5.73 Å². The number of hydrogen-bond donors (Lipinski definition) is 1. The molecule has 0 aliphatic carbocycles. The highest BCUT2D eigenvalue weighted by atomic mass is 16.1. The molecule has 1 fully saturated rings. The van der Waals surface area contributed by atoms with Crippen molar-refractivity contribution in [2.24, 2.45) is 16.1 Å². The Kier molecular flexibility index (Phi) is 4.62. The highest BCUT2D eigenvalue weighted by Gasteiger charge is 2.39. The summed E-state index contributed by atoms with van der Waals surface area (Å²) in [4.78, 5) is 24.8. The van der Waals surface area contributed by atoms with E-state index >= 15 is 0 Å². The fourth-order valence-corrected chi connectivity index (χ4v) is 3.48. The van der Waals surface area contributed by atoms with E-state index in [0.29, 0.717) is 5.69 Å². The van der Waals surface area contributed by atoms with Gasteiger partial charge in [0.05, 0.1) is 18.1 Å². The van der Waals surface area contributed by atoms with Crippen LogP contribution in [0, 0.1) is 13.0 Å². The average Bonchev–Trinajstić information content (AvgIpc) is 3.19. The maximum absolute atomic E-state index is 11.4. The normalized spacial score (nSPS) is 22.0. The fourth-order valence-electron chi connectivity index (χ4n) is 3.48. The number of nitrogens with two attached hydrogens (primary N) is 1. The Balaban J connectivity index is 1.75. The van der Waals surface area contributed by atoms with Crippen molar-refractivity contribution in [1.82, 2.24) is 19.5 Å². The Morgan fingerprint density at radius 1 is 1.25 bits per heavy atom. The molecule has 0 bridgehead atoms. The molecule has 143 valence electrons. The van der Waals surface area contributed by atoms with Crippen molar-refractivity contribution in [3.8, 4) is 0 Å². The smallest absolute Gasteiger partial charge is 0.267 e. The van der Waals surface area contributed by atoms with Crippen LogP contribution in [0.4, 0.5) is 17.1 Å². The number of hydrogen-bond acceptors (Lipinski definition) is 7. The minimum Gasteiger partial charge on any atom is -0.368 e. The fraction of sp³-hybridized carbons (Fsp3) is 0.316. The zero-order valence-electron chi connectivity index (χ0n) is 15.9. The van der Waals surface area contributed by atoms with E-state index in [1.807, 2.05) is 19.3 Å². The second kappa shape index (κ2) is 7.10. The summed E-state index contributed by atoms with van der Waals surface area (Å²) < 4.78 is -0.0110. The molecule has 1 radical (unpaired) electrons. The number of amides is 1. The number of rotatable bonds is 4. The number of aromatic nitrogens is 2. The van der Waals surface area contributed by atoms with Gasteiger partial charge in [-0.05, 0) is 14.0 Å². The number of quaternary nitrogens is 1. The van der Waals surface area contributed by atoms with Gasteiger partial charge in [-0.2, -0.15) is 0 Å². The molecule has 2 N–H and O–H groups in total. The summed E-state index contributed by atoms with van der Waals surface area (Å²) in [6, 6.07) is 6.63. The van der Waals surface area contributed by atoms with Crippen LogP contribution in [0.1, 0.15) is 16.2 Å². The second-order valence-electron chi connectivity index (χ2n) is 6.96. The molecule has 9 nitrogen and oxygen atoms in total. The van der Waals surface area contributed by atoms with Crippen LogP contribution < -0.4 is 15.2 Å². The Morgan fingerprint density at radius 3 is 2.68 bits per heavy atom. The van der Waals surface area contributed by atoms with E-state index < -0.39 is 5.91 Å². The minimum absolute atomic E-state index is 0.0110. The van der Waals surface area contributed by atoms with E-state index in [0.717, 1.165) is 43.2 Å². The van der Waals surface area contributed by atoms with Crippen molar-refractivity contribution in [1.29, 1.82) is 0 Å². The molecule has 28 heavy (non-hydrogen) atoms. The predicted octanol–water partition coefficient (Wildman–Crippen LogP) is 1.93. The Labute approximate surface area is 163 Å². The molecular weight excluding hydrogens is 356 g/mol. The van der Waals surface area contributed by atoms with Gasteiger partial charge in [0.1, 0.15) is 17.6 Å². The van der Waals surface area contributed by atoms with Gasteiger partial charge in [-0.3, -0.25) is 9.78 Å². The SMILES string of the molecule is Cc1nc(C(N)=O)[c]cc1[N+]1(c2cncc(N3CCN(C)CC3)c2)C=CN=N1. The third kappa shape index (κ3) is 3.14. The lowest BCUT2D eigenvalue weighted by Crippen LogP contribution is -2.44. The molecule has 0 saturated carbocycles. The first-order valence-electron chi connectivity index (χ1n) is 9.07. The number of nitrogens with zero attached hydrogens (tertiary/aromatic N) is 7. The van der Waals surface area contributed by atoms with Crippen molar-refractivity contribution >= 4 is 23.0 Å². The molecule has 9 heteroatoms. The van der Waals surface area contributed by atoms with Gasteiger partial charge in [0.25, 0.3) is 5.91 Å². The molecule has 1 amide bonds. The lowest BCUT2D eigenvalue weighted by atomic mass is 10.2. The molecule has 0 aromatic carbocycles. The highest BCUT2D eigenvalue weighted by molar-refractivity contribution is 5.90. The molecule has 2 aliphatic rings. The number of carbonyl (C=O) groups excluding carboxylic acids is 1. The number of likely N-dealkylation sites (N-methyl/N-ethyl adjacent to an activating group) is 1. The van der Waals surface area contributed by atoms with Gasteiger partial charge >= 0.3 is 0 Å². The van der Waals surface area contributed by atoms with Gasteiger partial charge in [0.2, 0.25) is 0 Å². The van der Waals surface area contributed by atoms with Crippen LogP contribution in [-0.2, 0) is 0 Å². The van der Waals surface area contributed by atoms with Gasteiger partial charge in [-0.1, -0.05) is 4.59 Å². The van der Waals surface area contributed by atoms with Crippen molar-refractivity contribution in [3.05, 3.63) is 54.4 Å². The van der Waals surface area contributed by atoms with Crippen molar-refractivity contribution in [2.75, 3.05) is 38.1 Å². The zero-order chi connectivity index (χ0) is 19.7. The number of anilines is 1. The first kappa shape index (κ1) is 18.2. The molecule has 2 aliphatic heterocycles. The summed E-state index contributed by atoms with van der Waals surface area (Å²) in [5.41, 5.74) is 8.67. The average molecular weight is 378 g/mol. The molecule has 0 spiro atoms. The Morgan fingerprint density at radius 2 is 2.04 bits per heavy atom. The van der Waals surface area contributed by atoms with E-state index in [1.165, 1.54) is 0 Å². The Hall–Kier alpha value is -3.17. The molecule has 4 heterocycles. The topological polar surface area (TPSA) is 100 Å². The van der Waals surface area contributed by atoms with E-state index in [1.54, 1.807) is 18.5 Å². The third-order valence-corrected chi connectivity index (χ3v) is 5.11. The maximum atomic E-state index is 11.4. The standard InChI is InChI=1S/C19H21N8O/c1-14-18(4-3-17(23-14)19(20)28)27(10-5-22-24-27)16-11-15(12-21-13-16)26-8-6-25(2)7-9-26/h4-5,10-13H,6-9H2,1-2H3,(H-,20,28)/p+1. The maximum Gasteiger partial charge on any atom is 0.267 e. The van der Waals surface area contributed by atoms with Gasteiger partial charge in [0.15, 0.2) is 17.6 Å². The van der Waals surface area contributed by atoms with Crippen molar-refractivity contribution < 1.29 is 4.79 Å². The van der Waals surface area contributed by atoms with Gasteiger partial charge < -0.3 is 15.5 Å². The quantitative estimate of drug-likeness (QED) is 0.820. The molecule has 1 saturated heterocycles. The predicted molar refractivity (Wildman–Crippen MR) is 106 cm³/mol. The monoisotopic (exact) mass is 378 g/mol. The van der Waals surface area contributed by atoms with E-state index in [2.05, 4.69) is 49.3 Å². The molecule has 4 rings (SSSR count). The molecule has 1 unspecified atom stereocenters. The van der Waals surface area contributed by atoms with Crippen LogP contribution in [0.3, 0.4) is 0 Å². The van der Waals surface area contributed by atoms with E-state index in [9.17, 15) is 4.79 Å². The lowest BCUT2D eigenvalue weighted by molar-refractivity contribution is 0.0995. The molecule has 1 atom stereocenters. The van der Waals surface area contributed by atoms with Crippen LogP contribution in [0.2, 0.25) is 0 Å². The number of piperazine rings is 1. The van der Waals surface area contributed by atoms with E-state index in [-0.39, 0.29) is 10.3 Å². The highest BCUT2D eigenvalue weighted by Crippen LogP contribution is 2.41. The second-order valence-corrected chi connectivity index (χ2v) is 6.96. The van der Waals surface area contributed by atoms with Crippen LogP contribution in [-0.4, -0.2) is 54.0 Å². The zero-order valence-corrected chi connectivity index (χ0v) is 15.9. The summed E-state index contributed by atoms with van der Waals surface area (Å²) >= 11 is 0. The summed E-state index contributed by atoms with van der Waals surface area (Å²) in [6.07, 6.45) is 7.14. The molecule has 2 aromatic rings. The summed E-state index contributed by atoms with van der Waals surface area (Å²) in [7, 11) is 2.13. The number of aryl methyl sites for hydroxylation is 1.